The van der Waals surface area contributed by atoms with Gasteiger partial charge in [0.15, 0.2) is 6.10 Å². The van der Waals surface area contributed by atoms with Crippen molar-refractivity contribution < 1.29 is 51.7 Å². The zero-order valence-electron chi connectivity index (χ0n) is 16.1. The molecule has 0 unspecified atom stereocenters. The molecule has 1 heterocycles. The smallest absolute Gasteiger partial charge is 0.389 e. The monoisotopic (exact) mass is 412 g/mol. The van der Waals surface area contributed by atoms with Crippen LogP contribution in [-0.4, -0.2) is 69.7 Å². The number of methoxy groups -OCH3 is 1. The Kier molecular flexibility index (Phi) is 8.37. The van der Waals surface area contributed by atoms with Crippen LogP contribution in [0, 0.1) is 0 Å². The largest absolute Gasteiger partial charge is 0.463 e. The Morgan fingerprint density at radius 3 is 1.96 bits per heavy atom. The summed E-state index contributed by atoms with van der Waals surface area (Å²) in [5, 5.41) is 0. The molecule has 0 aromatic carbocycles. The summed E-state index contributed by atoms with van der Waals surface area (Å²) >= 11 is 0. The van der Waals surface area contributed by atoms with Crippen LogP contribution in [-0.2, 0) is 51.7 Å². The highest BCUT2D eigenvalue weighted by Gasteiger charge is 2.62. The summed E-state index contributed by atoms with van der Waals surface area (Å²) in [7, 11) is -0.565. The molecule has 27 heavy (non-hydrogen) atoms. The highest BCUT2D eigenvalue weighted by Crippen LogP contribution is 2.63. The van der Waals surface area contributed by atoms with E-state index in [4.69, 9.17) is 32.7 Å². The first kappa shape index (κ1) is 23.5. The van der Waals surface area contributed by atoms with Gasteiger partial charge in [0.25, 0.3) is 5.53 Å². The molecule has 0 amide bonds. The lowest BCUT2D eigenvalue weighted by molar-refractivity contribution is -0.286. The maximum Gasteiger partial charge on any atom is 0.389 e. The molecule has 156 valence electrons. The van der Waals surface area contributed by atoms with E-state index in [1.807, 2.05) is 0 Å². The first-order chi connectivity index (χ1) is 12.5. The first-order valence-electron chi connectivity index (χ1n) is 7.96. The molecule has 1 aliphatic rings. The number of carbonyl (C=O) groups is 3. The summed E-state index contributed by atoms with van der Waals surface area (Å²) < 4.78 is 49.5. The van der Waals surface area contributed by atoms with Gasteiger partial charge >= 0.3 is 25.5 Å². The SMILES string of the molecule is CO[C@@]1(P(=O)(OC)OC)C[C@@H](OC(C)=O)[C@H](OC(C)=O)[C@@H](COC(C)=O)O1. The van der Waals surface area contributed by atoms with Gasteiger partial charge < -0.3 is 32.7 Å². The minimum atomic E-state index is -4.03. The Morgan fingerprint density at radius 1 is 1.00 bits per heavy atom. The van der Waals surface area contributed by atoms with Crippen molar-refractivity contribution in [3.05, 3.63) is 0 Å². The van der Waals surface area contributed by atoms with Crippen molar-refractivity contribution >= 4 is 25.5 Å². The third-order valence-electron chi connectivity index (χ3n) is 3.81. The number of ether oxygens (including phenoxy) is 5. The van der Waals surface area contributed by atoms with Gasteiger partial charge in [0.1, 0.15) is 18.8 Å². The molecule has 0 aromatic rings. The Morgan fingerprint density at radius 2 is 1.56 bits per heavy atom. The van der Waals surface area contributed by atoms with Crippen LogP contribution < -0.4 is 0 Å². The second kappa shape index (κ2) is 9.61. The zero-order chi connectivity index (χ0) is 20.8. The summed E-state index contributed by atoms with van der Waals surface area (Å²) in [6, 6.07) is 0. The predicted octanol–water partition coefficient (Wildman–Crippen LogP) is 0.988. The third-order valence-corrected chi connectivity index (χ3v) is 6.08. The average Bonchev–Trinajstić information content (AvgIpc) is 2.60. The summed E-state index contributed by atoms with van der Waals surface area (Å²) in [6.07, 6.45) is -3.76. The predicted molar refractivity (Wildman–Crippen MR) is 88.6 cm³/mol. The summed E-state index contributed by atoms with van der Waals surface area (Å²) in [4.78, 5) is 34.3. The molecule has 0 aromatic heterocycles. The van der Waals surface area contributed by atoms with Gasteiger partial charge in [0.2, 0.25) is 0 Å². The number of rotatable bonds is 8. The molecule has 1 saturated heterocycles. The Hall–Kier alpha value is -1.52. The standard InChI is InChI=1S/C15H25O11P/c1-9(16)23-8-13-14(25-11(3)18)12(24-10(2)17)7-15(20-4,26-13)27(19,21-5)22-6/h12-14H,7-8H2,1-6H3/t12-,13-,14+,15+/m1/s1. The number of hydrogen-bond acceptors (Lipinski definition) is 11. The van der Waals surface area contributed by atoms with Crippen LogP contribution in [0.3, 0.4) is 0 Å². The van der Waals surface area contributed by atoms with Crippen LogP contribution in [0.1, 0.15) is 27.2 Å². The molecule has 0 spiro atoms. The van der Waals surface area contributed by atoms with E-state index >= 15 is 0 Å². The maximum atomic E-state index is 13.1. The van der Waals surface area contributed by atoms with Crippen LogP contribution in [0.2, 0.25) is 0 Å². The van der Waals surface area contributed by atoms with Crippen molar-refractivity contribution in [1.29, 1.82) is 0 Å². The van der Waals surface area contributed by atoms with Crippen molar-refractivity contribution in [1.82, 2.24) is 0 Å². The van der Waals surface area contributed by atoms with Gasteiger partial charge in [0, 0.05) is 42.1 Å². The molecular formula is C15H25O11P. The second-order valence-electron chi connectivity index (χ2n) is 5.66. The Balaban J connectivity index is 3.38. The van der Waals surface area contributed by atoms with Gasteiger partial charge in [-0.1, -0.05) is 0 Å². The van der Waals surface area contributed by atoms with Gasteiger partial charge in [-0.05, 0) is 0 Å². The van der Waals surface area contributed by atoms with Gasteiger partial charge in [-0.15, -0.1) is 0 Å². The highest BCUT2D eigenvalue weighted by molar-refractivity contribution is 7.55. The molecule has 1 aliphatic heterocycles. The second-order valence-corrected chi connectivity index (χ2v) is 8.07. The fraction of sp³-hybridized carbons (Fsp3) is 0.800. The molecule has 0 N–H and O–H groups in total. The van der Waals surface area contributed by atoms with Crippen LogP contribution >= 0.6 is 7.60 Å². The number of carbonyl (C=O) groups excluding carboxylic acids is 3. The van der Waals surface area contributed by atoms with Gasteiger partial charge in [-0.25, -0.2) is 0 Å². The minimum absolute atomic E-state index is 0.323. The summed E-state index contributed by atoms with van der Waals surface area (Å²) in [5.41, 5.74) is -1.99. The zero-order valence-corrected chi connectivity index (χ0v) is 17.0. The number of hydrogen-bond donors (Lipinski definition) is 0. The van der Waals surface area contributed by atoms with Crippen molar-refractivity contribution in [3.8, 4) is 0 Å². The van der Waals surface area contributed by atoms with Gasteiger partial charge in [-0.2, -0.15) is 0 Å². The Bertz CT molecular complexity index is 599. The van der Waals surface area contributed by atoms with Crippen LogP contribution in [0.15, 0.2) is 0 Å². The van der Waals surface area contributed by atoms with Crippen LogP contribution in [0.4, 0.5) is 0 Å². The molecular weight excluding hydrogens is 387 g/mol. The molecule has 0 aliphatic carbocycles. The average molecular weight is 412 g/mol. The van der Waals surface area contributed by atoms with Crippen molar-refractivity contribution in [3.63, 3.8) is 0 Å². The van der Waals surface area contributed by atoms with E-state index in [0.29, 0.717) is 0 Å². The fourth-order valence-corrected chi connectivity index (χ4v) is 4.32. The molecule has 0 saturated carbocycles. The van der Waals surface area contributed by atoms with Crippen molar-refractivity contribution in [2.75, 3.05) is 27.9 Å². The number of esters is 3. The lowest BCUT2D eigenvalue weighted by Crippen LogP contribution is -2.59. The van der Waals surface area contributed by atoms with E-state index in [0.717, 1.165) is 28.1 Å². The van der Waals surface area contributed by atoms with E-state index in [1.54, 1.807) is 0 Å². The summed E-state index contributed by atoms with van der Waals surface area (Å²) in [5.74, 6) is -1.99. The molecule has 4 atom stereocenters. The van der Waals surface area contributed by atoms with Crippen LogP contribution in [0.5, 0.6) is 0 Å². The van der Waals surface area contributed by atoms with E-state index in [9.17, 15) is 18.9 Å². The van der Waals surface area contributed by atoms with Gasteiger partial charge in [0.05, 0.1) is 6.42 Å². The molecule has 1 fully saturated rings. The molecule has 12 heteroatoms. The maximum absolute atomic E-state index is 13.1. The van der Waals surface area contributed by atoms with Gasteiger partial charge in [-0.3, -0.25) is 18.9 Å². The first-order valence-corrected chi connectivity index (χ1v) is 9.50. The molecule has 1 rings (SSSR count). The Labute approximate surface area is 157 Å². The van der Waals surface area contributed by atoms with E-state index in [1.165, 1.54) is 14.0 Å². The van der Waals surface area contributed by atoms with Crippen LogP contribution in [0.25, 0.3) is 0 Å². The lowest BCUT2D eigenvalue weighted by Gasteiger charge is -2.47. The lowest BCUT2D eigenvalue weighted by atomic mass is 10.0. The molecule has 0 radical (unpaired) electrons. The normalized spacial score (nSPS) is 28.3. The van der Waals surface area contributed by atoms with E-state index < -0.39 is 49.3 Å². The summed E-state index contributed by atoms with van der Waals surface area (Å²) in [6.45, 7) is 3.10. The van der Waals surface area contributed by atoms with E-state index in [2.05, 4.69) is 0 Å². The molecule has 11 nitrogen and oxygen atoms in total. The minimum Gasteiger partial charge on any atom is -0.463 e. The quantitative estimate of drug-likeness (QED) is 0.321. The molecule has 0 bridgehead atoms. The third kappa shape index (κ3) is 5.49. The van der Waals surface area contributed by atoms with Crippen molar-refractivity contribution in [2.45, 2.75) is 51.0 Å². The van der Waals surface area contributed by atoms with Crippen molar-refractivity contribution in [2.24, 2.45) is 0 Å². The fourth-order valence-electron chi connectivity index (χ4n) is 2.73. The van der Waals surface area contributed by atoms with E-state index in [-0.39, 0.29) is 13.0 Å². The topological polar surface area (TPSA) is 133 Å². The highest BCUT2D eigenvalue weighted by atomic mass is 31.2.